The fourth-order valence-corrected chi connectivity index (χ4v) is 1.55. The molecule has 0 aliphatic carbocycles. The van der Waals surface area contributed by atoms with E-state index in [0.29, 0.717) is 12.2 Å². The van der Waals surface area contributed by atoms with Gasteiger partial charge in [0.05, 0.1) is 7.11 Å². The Morgan fingerprint density at radius 3 is 2.90 bits per heavy atom. The quantitative estimate of drug-likeness (QED) is 0.832. The third-order valence-corrected chi connectivity index (χ3v) is 2.59. The summed E-state index contributed by atoms with van der Waals surface area (Å²) in [6, 6.07) is 4.56. The highest BCUT2D eigenvalue weighted by molar-refractivity contribution is 5.93. The average molecular weight is 278 g/mol. The molecular formula is C13H14N2O5. The molecular weight excluding hydrogens is 264 g/mol. The van der Waals surface area contributed by atoms with Crippen LogP contribution in [0.25, 0.3) is 0 Å². The minimum Gasteiger partial charge on any atom is -0.504 e. The lowest BCUT2D eigenvalue weighted by Crippen LogP contribution is -2.06. The van der Waals surface area contributed by atoms with Gasteiger partial charge < -0.3 is 19.1 Å². The lowest BCUT2D eigenvalue weighted by Gasteiger charge is -2.07. The number of aromatic nitrogens is 2. The molecule has 0 fully saturated rings. The molecule has 1 aromatic heterocycles. The van der Waals surface area contributed by atoms with Gasteiger partial charge in [-0.1, -0.05) is 18.1 Å². The van der Waals surface area contributed by atoms with Gasteiger partial charge in [0.15, 0.2) is 23.9 Å². The second-order valence-electron chi connectivity index (χ2n) is 3.89. The molecule has 0 saturated heterocycles. The summed E-state index contributed by atoms with van der Waals surface area (Å²) in [7, 11) is 1.40. The van der Waals surface area contributed by atoms with Gasteiger partial charge in [-0.05, 0) is 12.1 Å². The topological polar surface area (TPSA) is 94.7 Å². The van der Waals surface area contributed by atoms with E-state index in [2.05, 4.69) is 10.1 Å². The highest BCUT2D eigenvalue weighted by Crippen LogP contribution is 2.29. The van der Waals surface area contributed by atoms with Crippen molar-refractivity contribution < 1.29 is 23.9 Å². The summed E-state index contributed by atoms with van der Waals surface area (Å²) in [5, 5.41) is 13.5. The lowest BCUT2D eigenvalue weighted by molar-refractivity contribution is 0.0426. The summed E-state index contributed by atoms with van der Waals surface area (Å²) < 4.78 is 14.8. The molecule has 1 N–H and O–H groups in total. The molecule has 0 amide bonds. The maximum atomic E-state index is 11.9. The van der Waals surface area contributed by atoms with Crippen molar-refractivity contribution in [1.29, 1.82) is 0 Å². The first-order chi connectivity index (χ1) is 9.65. The van der Waals surface area contributed by atoms with Crippen molar-refractivity contribution in [1.82, 2.24) is 10.1 Å². The lowest BCUT2D eigenvalue weighted by atomic mass is 10.2. The largest absolute Gasteiger partial charge is 0.504 e. The Labute approximate surface area is 115 Å². The first kappa shape index (κ1) is 13.9. The number of aryl methyl sites for hydroxylation is 1. The number of phenols is 1. The summed E-state index contributed by atoms with van der Waals surface area (Å²) in [4.78, 5) is 15.9. The first-order valence-electron chi connectivity index (χ1n) is 6.00. The second-order valence-corrected chi connectivity index (χ2v) is 3.89. The van der Waals surface area contributed by atoms with Crippen molar-refractivity contribution >= 4 is 5.97 Å². The maximum absolute atomic E-state index is 11.9. The number of phenolic OH excluding ortho intramolecular Hbond substituents is 1. The van der Waals surface area contributed by atoms with E-state index in [1.54, 1.807) is 6.07 Å². The Kier molecular flexibility index (Phi) is 4.19. The Morgan fingerprint density at radius 2 is 2.25 bits per heavy atom. The fourth-order valence-electron chi connectivity index (χ4n) is 1.55. The van der Waals surface area contributed by atoms with Crippen LogP contribution >= 0.6 is 0 Å². The zero-order valence-corrected chi connectivity index (χ0v) is 11.1. The summed E-state index contributed by atoms with van der Waals surface area (Å²) in [6.07, 6.45) is 0.633. The van der Waals surface area contributed by atoms with E-state index < -0.39 is 5.97 Å². The van der Waals surface area contributed by atoms with Gasteiger partial charge >= 0.3 is 5.97 Å². The molecule has 7 nitrogen and oxygen atoms in total. The summed E-state index contributed by atoms with van der Waals surface area (Å²) in [5.41, 5.74) is 0.0135. The van der Waals surface area contributed by atoms with Gasteiger partial charge in [0.1, 0.15) is 5.56 Å². The standard InChI is InChI=1S/C13H14N2O5/c1-3-10-14-11(20-15-10)7-19-13(17)8-5-4-6-9(18-2)12(8)16/h4-6,16H,3,7H2,1-2H3. The number of rotatable bonds is 5. The van der Waals surface area contributed by atoms with E-state index in [1.807, 2.05) is 6.92 Å². The molecule has 0 unspecified atom stereocenters. The Morgan fingerprint density at radius 1 is 1.45 bits per heavy atom. The van der Waals surface area contributed by atoms with E-state index in [-0.39, 0.29) is 29.6 Å². The van der Waals surface area contributed by atoms with E-state index in [9.17, 15) is 9.90 Å². The van der Waals surface area contributed by atoms with Gasteiger partial charge in [-0.3, -0.25) is 0 Å². The van der Waals surface area contributed by atoms with Crippen LogP contribution in [0.15, 0.2) is 22.7 Å². The van der Waals surface area contributed by atoms with Crippen molar-refractivity contribution in [3.05, 3.63) is 35.5 Å². The van der Waals surface area contributed by atoms with Crippen LogP contribution in [-0.2, 0) is 17.8 Å². The molecule has 0 saturated carbocycles. The number of para-hydroxylation sites is 1. The smallest absolute Gasteiger partial charge is 0.342 e. The number of hydrogen-bond acceptors (Lipinski definition) is 7. The van der Waals surface area contributed by atoms with E-state index >= 15 is 0 Å². The van der Waals surface area contributed by atoms with Crippen LogP contribution in [-0.4, -0.2) is 28.3 Å². The summed E-state index contributed by atoms with van der Waals surface area (Å²) in [5.74, 6) is -0.0132. The van der Waals surface area contributed by atoms with Crippen LogP contribution in [0.2, 0.25) is 0 Å². The number of carbonyl (C=O) groups excluding carboxylic acids is 1. The van der Waals surface area contributed by atoms with Crippen LogP contribution in [0, 0.1) is 0 Å². The Bertz CT molecular complexity index is 609. The second kappa shape index (κ2) is 6.05. The predicted molar refractivity (Wildman–Crippen MR) is 67.5 cm³/mol. The van der Waals surface area contributed by atoms with Crippen LogP contribution in [0.5, 0.6) is 11.5 Å². The molecule has 106 valence electrons. The van der Waals surface area contributed by atoms with Crippen LogP contribution in [0.4, 0.5) is 0 Å². The molecule has 2 aromatic rings. The minimum atomic E-state index is -0.697. The monoisotopic (exact) mass is 278 g/mol. The molecule has 2 rings (SSSR count). The SMILES string of the molecule is CCc1noc(COC(=O)c2cccc(OC)c2O)n1. The number of nitrogens with zero attached hydrogens (tertiary/aromatic N) is 2. The normalized spacial score (nSPS) is 10.3. The highest BCUT2D eigenvalue weighted by Gasteiger charge is 2.17. The average Bonchev–Trinajstić information content (AvgIpc) is 2.93. The summed E-state index contributed by atoms with van der Waals surface area (Å²) in [6.45, 7) is 1.73. The molecule has 0 bridgehead atoms. The highest BCUT2D eigenvalue weighted by atomic mass is 16.6. The number of esters is 1. The van der Waals surface area contributed by atoms with Crippen molar-refractivity contribution in [2.75, 3.05) is 7.11 Å². The first-order valence-corrected chi connectivity index (χ1v) is 6.00. The van der Waals surface area contributed by atoms with E-state index in [0.717, 1.165) is 0 Å². The fraction of sp³-hybridized carbons (Fsp3) is 0.308. The van der Waals surface area contributed by atoms with Gasteiger partial charge in [-0.25, -0.2) is 4.79 Å². The molecule has 1 heterocycles. The third kappa shape index (κ3) is 2.87. The Balaban J connectivity index is 2.05. The maximum Gasteiger partial charge on any atom is 0.342 e. The van der Waals surface area contributed by atoms with Crippen molar-refractivity contribution in [3.63, 3.8) is 0 Å². The third-order valence-electron chi connectivity index (χ3n) is 2.59. The van der Waals surface area contributed by atoms with E-state index in [4.69, 9.17) is 14.0 Å². The molecule has 1 aromatic carbocycles. The van der Waals surface area contributed by atoms with Crippen LogP contribution < -0.4 is 4.74 Å². The number of hydrogen-bond donors (Lipinski definition) is 1. The van der Waals surface area contributed by atoms with Crippen molar-refractivity contribution in [2.45, 2.75) is 20.0 Å². The number of ether oxygens (including phenoxy) is 2. The molecule has 0 aliphatic heterocycles. The molecule has 20 heavy (non-hydrogen) atoms. The van der Waals surface area contributed by atoms with E-state index in [1.165, 1.54) is 19.2 Å². The Hall–Kier alpha value is -2.57. The number of methoxy groups -OCH3 is 1. The van der Waals surface area contributed by atoms with Gasteiger partial charge in [0.25, 0.3) is 5.89 Å². The molecule has 0 aliphatic rings. The molecule has 0 spiro atoms. The number of benzene rings is 1. The zero-order chi connectivity index (χ0) is 14.5. The minimum absolute atomic E-state index is 0.0135. The van der Waals surface area contributed by atoms with Gasteiger partial charge in [0.2, 0.25) is 0 Å². The predicted octanol–water partition coefficient (Wildman–Crippen LogP) is 1.70. The number of carbonyl (C=O) groups is 1. The van der Waals surface area contributed by atoms with Crippen molar-refractivity contribution in [3.8, 4) is 11.5 Å². The number of aromatic hydroxyl groups is 1. The van der Waals surface area contributed by atoms with Gasteiger partial charge in [-0.2, -0.15) is 4.98 Å². The molecule has 0 atom stereocenters. The molecule has 7 heteroatoms. The van der Waals surface area contributed by atoms with Crippen molar-refractivity contribution in [2.24, 2.45) is 0 Å². The zero-order valence-electron chi connectivity index (χ0n) is 11.1. The molecule has 0 radical (unpaired) electrons. The summed E-state index contributed by atoms with van der Waals surface area (Å²) >= 11 is 0. The van der Waals surface area contributed by atoms with Gasteiger partial charge in [-0.15, -0.1) is 0 Å². The van der Waals surface area contributed by atoms with Gasteiger partial charge in [0, 0.05) is 6.42 Å². The van der Waals surface area contributed by atoms with Crippen LogP contribution in [0.1, 0.15) is 29.0 Å². The van der Waals surface area contributed by atoms with Crippen LogP contribution in [0.3, 0.4) is 0 Å².